The predicted molar refractivity (Wildman–Crippen MR) is 70.9 cm³/mol. The summed E-state index contributed by atoms with van der Waals surface area (Å²) in [5.74, 6) is -0.367. The molecule has 0 spiro atoms. The number of nitrogens with zero attached hydrogens (tertiary/aromatic N) is 1. The van der Waals surface area contributed by atoms with E-state index in [4.69, 9.17) is 10.5 Å². The summed E-state index contributed by atoms with van der Waals surface area (Å²) in [5.41, 5.74) is 5.03. The maximum Gasteiger partial charge on any atom is 0.329 e. The number of hydrogen-bond donors (Lipinski definition) is 1. The van der Waals surface area contributed by atoms with Crippen molar-refractivity contribution in [2.24, 2.45) is 17.1 Å². The molecule has 0 aliphatic carbocycles. The van der Waals surface area contributed by atoms with Gasteiger partial charge in [-0.15, -0.1) is 0 Å². The van der Waals surface area contributed by atoms with Crippen molar-refractivity contribution < 1.29 is 14.3 Å². The van der Waals surface area contributed by atoms with Crippen LogP contribution in [-0.4, -0.2) is 43.0 Å². The molecule has 1 amide bonds. The molecule has 0 rings (SSSR count). The van der Waals surface area contributed by atoms with Crippen molar-refractivity contribution in [2.75, 3.05) is 20.2 Å². The summed E-state index contributed by atoms with van der Waals surface area (Å²) in [5, 5.41) is 0. The van der Waals surface area contributed by atoms with Crippen LogP contribution in [0.2, 0.25) is 0 Å². The van der Waals surface area contributed by atoms with Gasteiger partial charge in [0.1, 0.15) is 6.04 Å². The third-order valence-electron chi connectivity index (χ3n) is 2.61. The number of methoxy groups -OCH3 is 1. The van der Waals surface area contributed by atoms with Crippen LogP contribution in [0.3, 0.4) is 0 Å². The first-order chi connectivity index (χ1) is 8.15. The van der Waals surface area contributed by atoms with Crippen LogP contribution in [0.25, 0.3) is 0 Å². The molecule has 2 N–H and O–H groups in total. The van der Waals surface area contributed by atoms with Gasteiger partial charge in [0.05, 0.1) is 13.7 Å². The molecule has 0 radical (unpaired) electrons. The van der Waals surface area contributed by atoms with E-state index in [0.717, 1.165) is 0 Å². The molecule has 0 aromatic carbocycles. The molecular weight excluding hydrogens is 232 g/mol. The Bertz CT molecular complexity index is 295. The Morgan fingerprint density at radius 2 is 1.78 bits per heavy atom. The SMILES string of the molecule is COC(=O)C(N(CC(C)C)C(=O)CN)C(C)(C)C. The number of amides is 1. The van der Waals surface area contributed by atoms with Crippen LogP contribution < -0.4 is 5.73 Å². The van der Waals surface area contributed by atoms with Gasteiger partial charge in [-0.25, -0.2) is 4.79 Å². The van der Waals surface area contributed by atoms with Gasteiger partial charge in [0.2, 0.25) is 5.91 Å². The van der Waals surface area contributed by atoms with Crippen LogP contribution >= 0.6 is 0 Å². The number of rotatable bonds is 5. The summed E-state index contributed by atoms with van der Waals surface area (Å²) >= 11 is 0. The molecule has 1 unspecified atom stereocenters. The first kappa shape index (κ1) is 16.9. The molecule has 0 saturated carbocycles. The maximum atomic E-state index is 11.9. The lowest BCUT2D eigenvalue weighted by atomic mass is 9.85. The van der Waals surface area contributed by atoms with E-state index in [1.807, 2.05) is 34.6 Å². The van der Waals surface area contributed by atoms with Crippen LogP contribution in [0.1, 0.15) is 34.6 Å². The number of ether oxygens (including phenoxy) is 1. The second-order valence-corrected chi connectivity index (χ2v) is 5.94. The van der Waals surface area contributed by atoms with Crippen LogP contribution in [0, 0.1) is 11.3 Å². The minimum Gasteiger partial charge on any atom is -0.467 e. The number of nitrogens with two attached hydrogens (primary N) is 1. The molecule has 0 aliphatic heterocycles. The van der Waals surface area contributed by atoms with E-state index in [0.29, 0.717) is 6.54 Å². The summed E-state index contributed by atoms with van der Waals surface area (Å²) in [6.45, 7) is 10.1. The van der Waals surface area contributed by atoms with E-state index in [1.54, 1.807) is 0 Å². The molecule has 0 fully saturated rings. The fourth-order valence-electron chi connectivity index (χ4n) is 1.92. The normalized spacial score (nSPS) is 13.3. The van der Waals surface area contributed by atoms with Gasteiger partial charge < -0.3 is 15.4 Å². The summed E-state index contributed by atoms with van der Waals surface area (Å²) < 4.78 is 4.82. The van der Waals surface area contributed by atoms with Crippen molar-refractivity contribution in [3.8, 4) is 0 Å². The highest BCUT2D eigenvalue weighted by Gasteiger charge is 2.39. The molecule has 5 nitrogen and oxygen atoms in total. The highest BCUT2D eigenvalue weighted by molar-refractivity contribution is 5.86. The molecule has 1 atom stereocenters. The Kier molecular flexibility index (Phi) is 6.32. The summed E-state index contributed by atoms with van der Waals surface area (Å²) in [7, 11) is 1.33. The minimum absolute atomic E-state index is 0.101. The molecule has 5 heteroatoms. The van der Waals surface area contributed by atoms with Gasteiger partial charge in [-0.1, -0.05) is 34.6 Å². The van der Waals surface area contributed by atoms with E-state index < -0.39 is 17.4 Å². The quantitative estimate of drug-likeness (QED) is 0.747. The average Bonchev–Trinajstić information content (AvgIpc) is 2.24. The van der Waals surface area contributed by atoms with Crippen molar-refractivity contribution >= 4 is 11.9 Å². The maximum absolute atomic E-state index is 11.9. The largest absolute Gasteiger partial charge is 0.467 e. The Balaban J connectivity index is 5.34. The van der Waals surface area contributed by atoms with Crippen molar-refractivity contribution in [1.29, 1.82) is 0 Å². The third-order valence-corrected chi connectivity index (χ3v) is 2.61. The zero-order chi connectivity index (χ0) is 14.5. The van der Waals surface area contributed by atoms with Crippen LogP contribution in [0.4, 0.5) is 0 Å². The molecule has 0 aromatic rings. The lowest BCUT2D eigenvalue weighted by molar-refractivity contribution is -0.157. The Morgan fingerprint density at radius 3 is 2.06 bits per heavy atom. The third kappa shape index (κ3) is 4.64. The molecular formula is C13H26N2O3. The highest BCUT2D eigenvalue weighted by atomic mass is 16.5. The van der Waals surface area contributed by atoms with Crippen molar-refractivity contribution in [1.82, 2.24) is 4.90 Å². The van der Waals surface area contributed by atoms with Gasteiger partial charge in [-0.2, -0.15) is 0 Å². The highest BCUT2D eigenvalue weighted by Crippen LogP contribution is 2.26. The fraction of sp³-hybridized carbons (Fsp3) is 0.846. The van der Waals surface area contributed by atoms with Crippen molar-refractivity contribution in [3.63, 3.8) is 0 Å². The second-order valence-electron chi connectivity index (χ2n) is 5.94. The summed E-state index contributed by atoms with van der Waals surface area (Å²) in [6.07, 6.45) is 0. The van der Waals surface area contributed by atoms with Gasteiger partial charge in [0.15, 0.2) is 0 Å². The van der Waals surface area contributed by atoms with E-state index in [-0.39, 0.29) is 18.4 Å². The van der Waals surface area contributed by atoms with Crippen LogP contribution in [-0.2, 0) is 14.3 Å². The molecule has 106 valence electrons. The molecule has 0 saturated heterocycles. The number of hydrogen-bond acceptors (Lipinski definition) is 4. The van der Waals surface area contributed by atoms with Crippen LogP contribution in [0.15, 0.2) is 0 Å². The smallest absolute Gasteiger partial charge is 0.329 e. The van der Waals surface area contributed by atoms with Gasteiger partial charge in [-0.3, -0.25) is 4.79 Å². The first-order valence-electron chi connectivity index (χ1n) is 6.22. The summed E-state index contributed by atoms with van der Waals surface area (Å²) in [6, 6.07) is -0.610. The van der Waals surface area contributed by atoms with Crippen LogP contribution in [0.5, 0.6) is 0 Å². The average molecular weight is 258 g/mol. The van der Waals surface area contributed by atoms with Crippen molar-refractivity contribution in [3.05, 3.63) is 0 Å². The summed E-state index contributed by atoms with van der Waals surface area (Å²) in [4.78, 5) is 25.4. The lowest BCUT2D eigenvalue weighted by Gasteiger charge is -2.38. The van der Waals surface area contributed by atoms with Crippen molar-refractivity contribution in [2.45, 2.75) is 40.7 Å². The van der Waals surface area contributed by atoms with Gasteiger partial charge in [-0.05, 0) is 11.3 Å². The number of carbonyl (C=O) groups is 2. The molecule has 18 heavy (non-hydrogen) atoms. The zero-order valence-corrected chi connectivity index (χ0v) is 12.3. The standard InChI is InChI=1S/C13H26N2O3/c1-9(2)8-15(10(16)7-14)11(12(17)18-6)13(3,4)5/h9,11H,7-8,14H2,1-6H3. The monoisotopic (exact) mass is 258 g/mol. The lowest BCUT2D eigenvalue weighted by Crippen LogP contribution is -2.55. The predicted octanol–water partition coefficient (Wildman–Crippen LogP) is 1.02. The van der Waals surface area contributed by atoms with E-state index >= 15 is 0 Å². The van der Waals surface area contributed by atoms with E-state index in [1.165, 1.54) is 12.0 Å². The van der Waals surface area contributed by atoms with Gasteiger partial charge in [0, 0.05) is 6.54 Å². The number of carbonyl (C=O) groups excluding carboxylic acids is 2. The van der Waals surface area contributed by atoms with E-state index in [2.05, 4.69) is 0 Å². The molecule has 0 heterocycles. The minimum atomic E-state index is -0.610. The molecule has 0 aromatic heterocycles. The van der Waals surface area contributed by atoms with Gasteiger partial charge in [0.25, 0.3) is 0 Å². The fourth-order valence-corrected chi connectivity index (χ4v) is 1.92. The molecule has 0 bridgehead atoms. The first-order valence-corrected chi connectivity index (χ1v) is 6.22. The Morgan fingerprint density at radius 1 is 1.28 bits per heavy atom. The molecule has 0 aliphatic rings. The number of esters is 1. The van der Waals surface area contributed by atoms with Gasteiger partial charge >= 0.3 is 5.97 Å². The topological polar surface area (TPSA) is 72.6 Å². The Hall–Kier alpha value is -1.10. The second kappa shape index (κ2) is 6.73. The Labute approximate surface area is 110 Å². The van der Waals surface area contributed by atoms with E-state index in [9.17, 15) is 9.59 Å². The zero-order valence-electron chi connectivity index (χ0n) is 12.3.